The van der Waals surface area contributed by atoms with E-state index in [2.05, 4.69) is 6.08 Å². The number of aromatic hydroxyl groups is 1. The van der Waals surface area contributed by atoms with E-state index in [-0.39, 0.29) is 6.10 Å². The number of phenols is 1. The lowest BCUT2D eigenvalue weighted by Gasteiger charge is -2.05. The number of unbranched alkanes of at least 4 members (excludes halogenated alkanes) is 1. The summed E-state index contributed by atoms with van der Waals surface area (Å²) < 4.78 is 0. The fraction of sp³-hybridized carbons (Fsp3) is 0.263. The Morgan fingerprint density at radius 1 is 1.10 bits per heavy atom. The number of rotatable bonds is 6. The van der Waals surface area contributed by atoms with E-state index in [0.29, 0.717) is 5.75 Å². The van der Waals surface area contributed by atoms with Crippen LogP contribution in [0.4, 0.5) is 0 Å². The molecule has 1 atom stereocenters. The summed E-state index contributed by atoms with van der Waals surface area (Å²) in [6, 6.07) is 15.6. The molecule has 0 bridgehead atoms. The zero-order chi connectivity index (χ0) is 15.1. The molecular formula is C19H22O2. The second-order valence-corrected chi connectivity index (χ2v) is 5.32. The number of phenolic OH excluding ortho intramolecular Hbond substituents is 1. The molecule has 0 aliphatic rings. The van der Waals surface area contributed by atoms with Crippen LogP contribution >= 0.6 is 0 Å². The van der Waals surface area contributed by atoms with Gasteiger partial charge in [-0.3, -0.25) is 0 Å². The van der Waals surface area contributed by atoms with Gasteiger partial charge in [0.05, 0.1) is 6.10 Å². The van der Waals surface area contributed by atoms with Crippen molar-refractivity contribution in [1.29, 1.82) is 0 Å². The van der Waals surface area contributed by atoms with Gasteiger partial charge >= 0.3 is 0 Å². The summed E-state index contributed by atoms with van der Waals surface area (Å²) >= 11 is 0. The number of allylic oxidation sites excluding steroid dienone is 1. The number of hydrogen-bond donors (Lipinski definition) is 2. The number of benzene rings is 2. The van der Waals surface area contributed by atoms with Crippen LogP contribution in [0.25, 0.3) is 17.2 Å². The van der Waals surface area contributed by atoms with Gasteiger partial charge in [0.2, 0.25) is 0 Å². The van der Waals surface area contributed by atoms with Crippen molar-refractivity contribution in [3.63, 3.8) is 0 Å². The Morgan fingerprint density at radius 2 is 1.86 bits per heavy atom. The molecule has 1 unspecified atom stereocenters. The number of hydrogen-bond acceptors (Lipinski definition) is 2. The third kappa shape index (κ3) is 4.76. The zero-order valence-electron chi connectivity index (χ0n) is 12.4. The van der Waals surface area contributed by atoms with Crippen molar-refractivity contribution in [2.75, 3.05) is 0 Å². The minimum Gasteiger partial charge on any atom is -0.507 e. The third-order valence-corrected chi connectivity index (χ3v) is 3.41. The molecule has 0 fully saturated rings. The van der Waals surface area contributed by atoms with Crippen molar-refractivity contribution >= 4 is 6.08 Å². The first-order valence-electron chi connectivity index (χ1n) is 7.40. The number of aliphatic hydroxyl groups is 1. The highest BCUT2D eigenvalue weighted by molar-refractivity contribution is 5.72. The highest BCUT2D eigenvalue weighted by Crippen LogP contribution is 2.30. The molecular weight excluding hydrogens is 260 g/mol. The Kier molecular flexibility index (Phi) is 5.59. The van der Waals surface area contributed by atoms with Crippen LogP contribution in [0.15, 0.2) is 54.6 Å². The van der Waals surface area contributed by atoms with Crippen molar-refractivity contribution in [2.24, 2.45) is 0 Å². The minimum atomic E-state index is -0.229. The standard InChI is InChI=1S/C19H22O2/c1-15(20)8-4-2-5-9-16-12-13-18(19(21)14-16)17-10-6-3-7-11-17/h3,5-7,9-15,20-21H,2,4,8H2,1H3. The van der Waals surface area contributed by atoms with Gasteiger partial charge in [-0.25, -0.2) is 0 Å². The van der Waals surface area contributed by atoms with E-state index in [1.807, 2.05) is 55.5 Å². The Hall–Kier alpha value is -2.06. The van der Waals surface area contributed by atoms with Gasteiger partial charge in [-0.05, 0) is 43.4 Å². The highest BCUT2D eigenvalue weighted by atomic mass is 16.3. The second-order valence-electron chi connectivity index (χ2n) is 5.32. The molecule has 2 nitrogen and oxygen atoms in total. The molecule has 0 spiro atoms. The summed E-state index contributed by atoms with van der Waals surface area (Å²) in [5.41, 5.74) is 2.86. The van der Waals surface area contributed by atoms with Gasteiger partial charge in [-0.1, -0.05) is 54.6 Å². The number of aliphatic hydroxyl groups excluding tert-OH is 1. The van der Waals surface area contributed by atoms with E-state index in [1.165, 1.54) is 0 Å². The van der Waals surface area contributed by atoms with E-state index in [4.69, 9.17) is 0 Å². The molecule has 110 valence electrons. The lowest BCUT2D eigenvalue weighted by Crippen LogP contribution is -1.97. The van der Waals surface area contributed by atoms with Crippen LogP contribution < -0.4 is 0 Å². The van der Waals surface area contributed by atoms with Crippen molar-refractivity contribution in [2.45, 2.75) is 32.3 Å². The topological polar surface area (TPSA) is 40.5 Å². The minimum absolute atomic E-state index is 0.229. The zero-order valence-corrected chi connectivity index (χ0v) is 12.4. The lowest BCUT2D eigenvalue weighted by molar-refractivity contribution is 0.182. The van der Waals surface area contributed by atoms with E-state index in [1.54, 1.807) is 6.07 Å². The second kappa shape index (κ2) is 7.65. The first-order chi connectivity index (χ1) is 10.2. The molecule has 0 saturated carbocycles. The van der Waals surface area contributed by atoms with E-state index < -0.39 is 0 Å². The van der Waals surface area contributed by atoms with Gasteiger partial charge < -0.3 is 10.2 Å². The average Bonchev–Trinajstić information content (AvgIpc) is 2.47. The Balaban J connectivity index is 2.01. The van der Waals surface area contributed by atoms with E-state index in [0.717, 1.165) is 36.0 Å². The van der Waals surface area contributed by atoms with Crippen LogP contribution in [0.5, 0.6) is 5.75 Å². The maximum absolute atomic E-state index is 10.2. The first kappa shape index (κ1) is 15.3. The molecule has 0 heterocycles. The summed E-state index contributed by atoms with van der Waals surface area (Å²) in [6.45, 7) is 1.81. The van der Waals surface area contributed by atoms with Crippen molar-refractivity contribution in [1.82, 2.24) is 0 Å². The third-order valence-electron chi connectivity index (χ3n) is 3.41. The van der Waals surface area contributed by atoms with Crippen LogP contribution in [0, 0.1) is 0 Å². The Labute approximate surface area is 126 Å². The summed E-state index contributed by atoms with van der Waals surface area (Å²) in [5, 5.41) is 19.3. The largest absolute Gasteiger partial charge is 0.507 e. The smallest absolute Gasteiger partial charge is 0.123 e. The van der Waals surface area contributed by atoms with Crippen molar-refractivity contribution < 1.29 is 10.2 Å². The lowest BCUT2D eigenvalue weighted by atomic mass is 10.0. The predicted molar refractivity (Wildman–Crippen MR) is 88.1 cm³/mol. The van der Waals surface area contributed by atoms with Gasteiger partial charge in [-0.2, -0.15) is 0 Å². The molecule has 2 aromatic carbocycles. The first-order valence-corrected chi connectivity index (χ1v) is 7.40. The van der Waals surface area contributed by atoms with Crippen molar-refractivity contribution in [3.05, 3.63) is 60.2 Å². The highest BCUT2D eigenvalue weighted by Gasteiger charge is 2.03. The molecule has 0 radical (unpaired) electrons. The van der Waals surface area contributed by atoms with E-state index >= 15 is 0 Å². The molecule has 0 aromatic heterocycles. The SMILES string of the molecule is CC(O)CCCC=Cc1ccc(-c2ccccc2)c(O)c1. The molecule has 21 heavy (non-hydrogen) atoms. The maximum atomic E-state index is 10.2. The van der Waals surface area contributed by atoms with Crippen LogP contribution in [0.2, 0.25) is 0 Å². The molecule has 2 aromatic rings. The molecule has 0 aliphatic heterocycles. The average molecular weight is 282 g/mol. The van der Waals surface area contributed by atoms with Crippen molar-refractivity contribution in [3.8, 4) is 16.9 Å². The van der Waals surface area contributed by atoms with Gasteiger partial charge in [-0.15, -0.1) is 0 Å². The molecule has 0 amide bonds. The summed E-state index contributed by atoms with van der Waals surface area (Å²) in [7, 11) is 0. The van der Waals surface area contributed by atoms with Crippen LogP contribution in [-0.4, -0.2) is 16.3 Å². The monoisotopic (exact) mass is 282 g/mol. The molecule has 0 saturated heterocycles. The van der Waals surface area contributed by atoms with Gasteiger partial charge in [0, 0.05) is 5.56 Å². The maximum Gasteiger partial charge on any atom is 0.123 e. The molecule has 2 rings (SSSR count). The Morgan fingerprint density at radius 3 is 2.52 bits per heavy atom. The normalized spacial score (nSPS) is 12.7. The fourth-order valence-electron chi connectivity index (χ4n) is 2.26. The van der Waals surface area contributed by atoms with Crippen LogP contribution in [0.1, 0.15) is 31.7 Å². The van der Waals surface area contributed by atoms with Gasteiger partial charge in [0.15, 0.2) is 0 Å². The van der Waals surface area contributed by atoms with Gasteiger partial charge in [0.25, 0.3) is 0 Å². The van der Waals surface area contributed by atoms with Crippen LogP contribution in [-0.2, 0) is 0 Å². The summed E-state index contributed by atoms with van der Waals surface area (Å²) in [6.07, 6.45) is 6.60. The summed E-state index contributed by atoms with van der Waals surface area (Å²) in [4.78, 5) is 0. The fourth-order valence-corrected chi connectivity index (χ4v) is 2.26. The van der Waals surface area contributed by atoms with Crippen LogP contribution in [0.3, 0.4) is 0 Å². The molecule has 2 heteroatoms. The Bertz CT molecular complexity index is 586. The molecule has 2 N–H and O–H groups in total. The van der Waals surface area contributed by atoms with Gasteiger partial charge in [0.1, 0.15) is 5.75 Å². The predicted octanol–water partition coefficient (Wildman–Crippen LogP) is 4.62. The molecule has 0 aliphatic carbocycles. The van der Waals surface area contributed by atoms with E-state index in [9.17, 15) is 10.2 Å². The quantitative estimate of drug-likeness (QED) is 0.759. The summed E-state index contributed by atoms with van der Waals surface area (Å²) in [5.74, 6) is 0.298.